The Bertz CT molecular complexity index is 671. The number of H-pyrrole nitrogens is 1. The number of aromatic nitrogens is 2. The zero-order valence-corrected chi connectivity index (χ0v) is 9.05. The largest absolute Gasteiger partial charge is 0.351 e. The van der Waals surface area contributed by atoms with Crippen molar-refractivity contribution in [3.8, 4) is 11.3 Å². The van der Waals surface area contributed by atoms with Gasteiger partial charge in [-0.2, -0.15) is 0 Å². The van der Waals surface area contributed by atoms with Crippen LogP contribution in [-0.4, -0.2) is 16.3 Å². The summed E-state index contributed by atoms with van der Waals surface area (Å²) in [6.45, 7) is 0. The Kier molecular flexibility index (Phi) is 2.22. The van der Waals surface area contributed by atoms with Crippen molar-refractivity contribution in [2.75, 3.05) is 0 Å². The summed E-state index contributed by atoms with van der Waals surface area (Å²) < 4.78 is 0. The molecule has 1 N–H and O–H groups in total. The summed E-state index contributed by atoms with van der Waals surface area (Å²) in [5, 5.41) is 1.00. The molecular weight excluding hydrogens is 212 g/mol. The highest BCUT2D eigenvalue weighted by Crippen LogP contribution is 2.25. The number of pyridine rings is 1. The third kappa shape index (κ3) is 1.61. The SMILES string of the molecule is O=Cc1cc2ccnc(-c3ccccc3)c2[nH]1. The van der Waals surface area contributed by atoms with Gasteiger partial charge in [0.05, 0.1) is 16.9 Å². The zero-order chi connectivity index (χ0) is 11.7. The maximum atomic E-state index is 10.8. The summed E-state index contributed by atoms with van der Waals surface area (Å²) in [4.78, 5) is 18.2. The first kappa shape index (κ1) is 9.78. The molecule has 2 aromatic heterocycles. The van der Waals surface area contributed by atoms with Gasteiger partial charge in [0.2, 0.25) is 0 Å². The molecule has 3 aromatic rings. The molecule has 0 bridgehead atoms. The van der Waals surface area contributed by atoms with Gasteiger partial charge in [0.25, 0.3) is 0 Å². The Morgan fingerprint density at radius 2 is 1.94 bits per heavy atom. The van der Waals surface area contributed by atoms with E-state index < -0.39 is 0 Å². The van der Waals surface area contributed by atoms with Gasteiger partial charge in [-0.15, -0.1) is 0 Å². The van der Waals surface area contributed by atoms with Gasteiger partial charge in [0.15, 0.2) is 6.29 Å². The van der Waals surface area contributed by atoms with Crippen LogP contribution in [0, 0.1) is 0 Å². The summed E-state index contributed by atoms with van der Waals surface area (Å²) in [6.07, 6.45) is 2.57. The molecule has 0 aliphatic heterocycles. The molecular formula is C14H10N2O. The molecule has 0 amide bonds. The Morgan fingerprint density at radius 3 is 2.71 bits per heavy atom. The van der Waals surface area contributed by atoms with Gasteiger partial charge < -0.3 is 4.98 Å². The Balaban J connectivity index is 2.29. The van der Waals surface area contributed by atoms with Crippen LogP contribution in [0.25, 0.3) is 22.2 Å². The van der Waals surface area contributed by atoms with Crippen LogP contribution >= 0.6 is 0 Å². The third-order valence-electron chi connectivity index (χ3n) is 2.74. The van der Waals surface area contributed by atoms with Crippen molar-refractivity contribution in [1.82, 2.24) is 9.97 Å². The number of rotatable bonds is 2. The van der Waals surface area contributed by atoms with Gasteiger partial charge in [0.1, 0.15) is 0 Å². The van der Waals surface area contributed by atoms with E-state index in [4.69, 9.17) is 0 Å². The molecule has 0 saturated carbocycles. The van der Waals surface area contributed by atoms with Gasteiger partial charge in [-0.05, 0) is 12.1 Å². The van der Waals surface area contributed by atoms with Crippen LogP contribution in [0.4, 0.5) is 0 Å². The van der Waals surface area contributed by atoms with Crippen LogP contribution < -0.4 is 0 Å². The van der Waals surface area contributed by atoms with Crippen molar-refractivity contribution in [3.63, 3.8) is 0 Å². The summed E-state index contributed by atoms with van der Waals surface area (Å²) in [5.74, 6) is 0. The Morgan fingerprint density at radius 1 is 1.12 bits per heavy atom. The van der Waals surface area contributed by atoms with Crippen LogP contribution in [0.1, 0.15) is 10.5 Å². The molecule has 3 rings (SSSR count). The van der Waals surface area contributed by atoms with E-state index in [1.54, 1.807) is 6.20 Å². The lowest BCUT2D eigenvalue weighted by Gasteiger charge is -2.01. The van der Waals surface area contributed by atoms with Gasteiger partial charge in [-0.3, -0.25) is 9.78 Å². The number of aromatic amines is 1. The second-order valence-corrected chi connectivity index (χ2v) is 3.83. The number of carbonyl (C=O) groups excluding carboxylic acids is 1. The van der Waals surface area contributed by atoms with Crippen molar-refractivity contribution in [1.29, 1.82) is 0 Å². The van der Waals surface area contributed by atoms with Crippen molar-refractivity contribution < 1.29 is 4.79 Å². The van der Waals surface area contributed by atoms with E-state index in [9.17, 15) is 4.79 Å². The van der Waals surface area contributed by atoms with Crippen molar-refractivity contribution in [2.45, 2.75) is 0 Å². The highest BCUT2D eigenvalue weighted by Gasteiger charge is 2.07. The van der Waals surface area contributed by atoms with E-state index in [0.717, 1.165) is 28.4 Å². The molecule has 3 nitrogen and oxygen atoms in total. The monoisotopic (exact) mass is 222 g/mol. The van der Waals surface area contributed by atoms with Gasteiger partial charge >= 0.3 is 0 Å². The van der Waals surface area contributed by atoms with Crippen LogP contribution in [0.15, 0.2) is 48.7 Å². The topological polar surface area (TPSA) is 45.8 Å². The number of hydrogen-bond acceptors (Lipinski definition) is 2. The van der Waals surface area contributed by atoms with E-state index in [2.05, 4.69) is 9.97 Å². The van der Waals surface area contributed by atoms with E-state index in [1.165, 1.54) is 0 Å². The van der Waals surface area contributed by atoms with Gasteiger partial charge in [-0.1, -0.05) is 30.3 Å². The fourth-order valence-electron chi connectivity index (χ4n) is 1.95. The summed E-state index contributed by atoms with van der Waals surface area (Å²) in [6, 6.07) is 13.6. The summed E-state index contributed by atoms with van der Waals surface area (Å²) >= 11 is 0. The smallest absolute Gasteiger partial charge is 0.166 e. The van der Waals surface area contributed by atoms with Crippen LogP contribution in [0.5, 0.6) is 0 Å². The maximum absolute atomic E-state index is 10.8. The fraction of sp³-hybridized carbons (Fsp3) is 0. The highest BCUT2D eigenvalue weighted by molar-refractivity contribution is 5.95. The minimum absolute atomic E-state index is 0.574. The normalized spacial score (nSPS) is 10.6. The molecule has 0 aliphatic rings. The first-order chi connectivity index (χ1) is 8.38. The quantitative estimate of drug-likeness (QED) is 0.677. The molecule has 17 heavy (non-hydrogen) atoms. The molecule has 3 heteroatoms. The van der Waals surface area contributed by atoms with Crippen molar-refractivity contribution >= 4 is 17.2 Å². The number of benzene rings is 1. The predicted molar refractivity (Wildman–Crippen MR) is 66.9 cm³/mol. The highest BCUT2D eigenvalue weighted by atomic mass is 16.1. The Hall–Kier alpha value is -2.42. The number of nitrogens with zero attached hydrogens (tertiary/aromatic N) is 1. The zero-order valence-electron chi connectivity index (χ0n) is 9.05. The van der Waals surface area contributed by atoms with E-state index in [0.29, 0.717) is 5.69 Å². The van der Waals surface area contributed by atoms with Crippen molar-refractivity contribution in [2.24, 2.45) is 0 Å². The summed E-state index contributed by atoms with van der Waals surface area (Å²) in [7, 11) is 0. The lowest BCUT2D eigenvalue weighted by molar-refractivity contribution is 0.112. The molecule has 2 heterocycles. The standard InChI is InChI=1S/C14H10N2O/c17-9-12-8-11-6-7-15-13(14(11)16-12)10-4-2-1-3-5-10/h1-9,16H. The first-order valence-electron chi connectivity index (χ1n) is 5.37. The second-order valence-electron chi connectivity index (χ2n) is 3.83. The minimum Gasteiger partial charge on any atom is -0.351 e. The fourth-order valence-corrected chi connectivity index (χ4v) is 1.95. The second kappa shape index (κ2) is 3.87. The first-order valence-corrected chi connectivity index (χ1v) is 5.37. The molecule has 82 valence electrons. The molecule has 0 spiro atoms. The van der Waals surface area contributed by atoms with Crippen molar-refractivity contribution in [3.05, 3.63) is 54.4 Å². The predicted octanol–water partition coefficient (Wildman–Crippen LogP) is 3.04. The minimum atomic E-state index is 0.574. The molecule has 0 atom stereocenters. The lowest BCUT2D eigenvalue weighted by atomic mass is 10.1. The molecule has 0 fully saturated rings. The average molecular weight is 222 g/mol. The molecule has 0 saturated heterocycles. The van der Waals surface area contributed by atoms with E-state index in [1.807, 2.05) is 42.5 Å². The molecule has 0 aliphatic carbocycles. The summed E-state index contributed by atoms with van der Waals surface area (Å²) in [5.41, 5.74) is 3.39. The van der Waals surface area contributed by atoms with E-state index >= 15 is 0 Å². The van der Waals surface area contributed by atoms with Crippen LogP contribution in [0.3, 0.4) is 0 Å². The number of aldehydes is 1. The number of carbonyl (C=O) groups is 1. The van der Waals surface area contributed by atoms with Gasteiger partial charge in [0, 0.05) is 17.1 Å². The number of fused-ring (bicyclic) bond motifs is 1. The number of nitrogens with one attached hydrogen (secondary N) is 1. The molecule has 0 radical (unpaired) electrons. The molecule has 1 aromatic carbocycles. The van der Waals surface area contributed by atoms with Crippen LogP contribution in [0.2, 0.25) is 0 Å². The third-order valence-corrected chi connectivity index (χ3v) is 2.74. The molecule has 0 unspecified atom stereocenters. The van der Waals surface area contributed by atoms with E-state index in [-0.39, 0.29) is 0 Å². The Labute approximate surface area is 98.1 Å². The maximum Gasteiger partial charge on any atom is 0.166 e. The number of hydrogen-bond donors (Lipinski definition) is 1. The lowest BCUT2D eigenvalue weighted by Crippen LogP contribution is -1.85. The van der Waals surface area contributed by atoms with Crippen LogP contribution in [-0.2, 0) is 0 Å². The average Bonchev–Trinajstić information content (AvgIpc) is 2.82. The van der Waals surface area contributed by atoms with Gasteiger partial charge in [-0.25, -0.2) is 0 Å².